The molecule has 0 saturated heterocycles. The second kappa shape index (κ2) is 8.83. The Balaban J connectivity index is 1.36. The van der Waals surface area contributed by atoms with E-state index in [1.54, 1.807) is 0 Å². The number of amides is 1. The second-order valence-electron chi connectivity index (χ2n) is 6.89. The number of nitrogens with zero attached hydrogens (tertiary/aromatic N) is 1. The molecule has 0 spiro atoms. The number of carbonyl (C=O) groups excluding carboxylic acids is 1. The number of β-amino-alcohol motifs (C(OH)–C–C–N with tert-alkyl or cyclic N) is 1. The number of para-hydroxylation sites is 1. The van der Waals surface area contributed by atoms with Crippen molar-refractivity contribution in [2.45, 2.75) is 26.1 Å². The predicted octanol–water partition coefficient (Wildman–Crippen LogP) is 2.19. The zero-order chi connectivity index (χ0) is 18.4. The number of carbonyl (C=O) groups is 1. The number of ether oxygens (including phenoxy) is 1. The van der Waals surface area contributed by atoms with Crippen molar-refractivity contribution >= 4 is 5.91 Å². The highest BCUT2D eigenvalue weighted by Gasteiger charge is 2.23. The maximum atomic E-state index is 11.9. The molecule has 26 heavy (non-hydrogen) atoms. The first-order valence-electron chi connectivity index (χ1n) is 9.03. The summed E-state index contributed by atoms with van der Waals surface area (Å²) in [5, 5.41) is 13.3. The van der Waals surface area contributed by atoms with Crippen molar-refractivity contribution in [2.75, 3.05) is 19.7 Å². The van der Waals surface area contributed by atoms with E-state index < -0.39 is 6.10 Å². The number of aliphatic hydroxyl groups is 1. The lowest BCUT2D eigenvalue weighted by atomic mass is 10.0. The van der Waals surface area contributed by atoms with Crippen LogP contribution in [0.1, 0.15) is 18.1 Å². The Bertz CT molecular complexity index is 695. The van der Waals surface area contributed by atoms with Crippen LogP contribution in [0.2, 0.25) is 0 Å². The Labute approximate surface area is 154 Å². The normalized spacial score (nSPS) is 15.9. The van der Waals surface area contributed by atoms with Crippen LogP contribution in [0, 0.1) is 5.92 Å². The third-order valence-corrected chi connectivity index (χ3v) is 4.74. The molecule has 2 aromatic carbocycles. The molecule has 2 unspecified atom stereocenters. The molecule has 0 aromatic heterocycles. The van der Waals surface area contributed by atoms with Gasteiger partial charge >= 0.3 is 0 Å². The van der Waals surface area contributed by atoms with Crippen LogP contribution < -0.4 is 10.1 Å². The largest absolute Gasteiger partial charge is 0.484 e. The van der Waals surface area contributed by atoms with E-state index in [9.17, 15) is 9.90 Å². The number of fused-ring (bicyclic) bond motifs is 1. The summed E-state index contributed by atoms with van der Waals surface area (Å²) < 4.78 is 5.42. The van der Waals surface area contributed by atoms with Crippen molar-refractivity contribution < 1.29 is 14.6 Å². The predicted molar refractivity (Wildman–Crippen MR) is 101 cm³/mol. The van der Waals surface area contributed by atoms with Gasteiger partial charge in [-0.3, -0.25) is 9.69 Å². The summed E-state index contributed by atoms with van der Waals surface area (Å²) in [6, 6.07) is 17.6. The van der Waals surface area contributed by atoms with Gasteiger partial charge in [-0.05, 0) is 23.3 Å². The number of nitrogens with one attached hydrogen (secondary N) is 1. The van der Waals surface area contributed by atoms with Gasteiger partial charge in [-0.2, -0.15) is 0 Å². The first-order chi connectivity index (χ1) is 12.6. The minimum Gasteiger partial charge on any atom is -0.484 e. The van der Waals surface area contributed by atoms with Gasteiger partial charge in [0.15, 0.2) is 6.61 Å². The lowest BCUT2D eigenvalue weighted by Crippen LogP contribution is -2.40. The van der Waals surface area contributed by atoms with Gasteiger partial charge in [0.05, 0.1) is 6.10 Å². The van der Waals surface area contributed by atoms with Crippen LogP contribution in [0.4, 0.5) is 0 Å². The smallest absolute Gasteiger partial charge is 0.257 e. The Morgan fingerprint density at radius 1 is 1.12 bits per heavy atom. The molecule has 5 nitrogen and oxygen atoms in total. The third-order valence-electron chi connectivity index (χ3n) is 4.74. The van der Waals surface area contributed by atoms with E-state index in [1.807, 2.05) is 37.3 Å². The topological polar surface area (TPSA) is 61.8 Å². The van der Waals surface area contributed by atoms with Crippen LogP contribution in [0.15, 0.2) is 54.6 Å². The van der Waals surface area contributed by atoms with Crippen molar-refractivity contribution in [1.29, 1.82) is 0 Å². The number of aliphatic hydroxyl groups excluding tert-OH is 1. The summed E-state index contributed by atoms with van der Waals surface area (Å²) in [7, 11) is 0. The molecule has 1 heterocycles. The van der Waals surface area contributed by atoms with E-state index in [0.29, 0.717) is 18.8 Å². The molecule has 5 heteroatoms. The molecular formula is C21H26N2O3. The molecule has 3 rings (SSSR count). The summed E-state index contributed by atoms with van der Waals surface area (Å²) in [5.74, 6) is 0.463. The molecule has 0 fully saturated rings. The Morgan fingerprint density at radius 3 is 2.38 bits per heavy atom. The minimum absolute atomic E-state index is 0.0196. The van der Waals surface area contributed by atoms with Crippen molar-refractivity contribution in [3.05, 3.63) is 65.7 Å². The summed E-state index contributed by atoms with van der Waals surface area (Å²) in [6.07, 6.45) is -0.486. The second-order valence-corrected chi connectivity index (χ2v) is 6.89. The van der Waals surface area contributed by atoms with Gasteiger partial charge in [-0.15, -0.1) is 0 Å². The summed E-state index contributed by atoms with van der Waals surface area (Å²) in [6.45, 7) is 4.71. The van der Waals surface area contributed by atoms with E-state index >= 15 is 0 Å². The van der Waals surface area contributed by atoms with Gasteiger partial charge in [0.25, 0.3) is 5.91 Å². The zero-order valence-electron chi connectivity index (χ0n) is 15.1. The molecule has 0 radical (unpaired) electrons. The molecule has 0 aliphatic carbocycles. The van der Waals surface area contributed by atoms with E-state index in [0.717, 1.165) is 13.1 Å². The fourth-order valence-electron chi connectivity index (χ4n) is 3.10. The Kier molecular flexibility index (Phi) is 6.26. The van der Waals surface area contributed by atoms with E-state index in [1.165, 1.54) is 11.1 Å². The highest BCUT2D eigenvalue weighted by Crippen LogP contribution is 2.22. The number of hydrogen-bond acceptors (Lipinski definition) is 4. The van der Waals surface area contributed by atoms with Crippen molar-refractivity contribution in [3.8, 4) is 5.75 Å². The molecule has 1 amide bonds. The molecule has 138 valence electrons. The molecular weight excluding hydrogens is 328 g/mol. The van der Waals surface area contributed by atoms with Crippen LogP contribution in [0.5, 0.6) is 5.75 Å². The van der Waals surface area contributed by atoms with Crippen LogP contribution in [-0.2, 0) is 17.9 Å². The van der Waals surface area contributed by atoms with Crippen molar-refractivity contribution in [3.63, 3.8) is 0 Å². The van der Waals surface area contributed by atoms with Crippen molar-refractivity contribution in [2.24, 2.45) is 5.92 Å². The Hall–Kier alpha value is -2.37. The van der Waals surface area contributed by atoms with Gasteiger partial charge in [-0.1, -0.05) is 49.4 Å². The minimum atomic E-state index is -0.486. The van der Waals surface area contributed by atoms with Crippen molar-refractivity contribution in [1.82, 2.24) is 10.2 Å². The first kappa shape index (κ1) is 18.4. The molecule has 2 aromatic rings. The van der Waals surface area contributed by atoms with Crippen LogP contribution >= 0.6 is 0 Å². The number of hydrogen-bond donors (Lipinski definition) is 2. The van der Waals surface area contributed by atoms with E-state index in [4.69, 9.17) is 4.74 Å². The monoisotopic (exact) mass is 354 g/mol. The van der Waals surface area contributed by atoms with E-state index in [2.05, 4.69) is 34.5 Å². The van der Waals surface area contributed by atoms with Crippen LogP contribution in [0.25, 0.3) is 0 Å². The maximum Gasteiger partial charge on any atom is 0.257 e. The van der Waals surface area contributed by atoms with Gasteiger partial charge in [0.2, 0.25) is 0 Å². The van der Waals surface area contributed by atoms with Gasteiger partial charge in [0, 0.05) is 32.1 Å². The fraction of sp³-hybridized carbons (Fsp3) is 0.381. The lowest BCUT2D eigenvalue weighted by Gasteiger charge is -2.24. The lowest BCUT2D eigenvalue weighted by molar-refractivity contribution is -0.123. The highest BCUT2D eigenvalue weighted by molar-refractivity contribution is 5.77. The van der Waals surface area contributed by atoms with Gasteiger partial charge < -0.3 is 15.2 Å². The van der Waals surface area contributed by atoms with Gasteiger partial charge in [-0.25, -0.2) is 0 Å². The standard InChI is InChI=1S/C21H26N2O3/c1-16(11-22-21(25)15-26-19-9-3-2-4-10-19)20(24)14-23-12-17-7-5-6-8-18(17)13-23/h2-10,16,20,24H,11-15H2,1H3,(H,22,25). The molecule has 2 N–H and O–H groups in total. The quantitative estimate of drug-likeness (QED) is 0.763. The maximum absolute atomic E-state index is 11.9. The van der Waals surface area contributed by atoms with Crippen LogP contribution in [-0.4, -0.2) is 41.7 Å². The third kappa shape index (κ3) is 5.07. The van der Waals surface area contributed by atoms with E-state index in [-0.39, 0.29) is 18.4 Å². The number of rotatable bonds is 8. The Morgan fingerprint density at radius 2 is 1.73 bits per heavy atom. The number of benzene rings is 2. The molecule has 0 saturated carbocycles. The summed E-state index contributed by atoms with van der Waals surface area (Å²) >= 11 is 0. The fourth-order valence-corrected chi connectivity index (χ4v) is 3.10. The zero-order valence-corrected chi connectivity index (χ0v) is 15.1. The van der Waals surface area contributed by atoms with Crippen LogP contribution in [0.3, 0.4) is 0 Å². The molecule has 0 bridgehead atoms. The SMILES string of the molecule is CC(CNC(=O)COc1ccccc1)C(O)CN1Cc2ccccc2C1. The molecule has 2 atom stereocenters. The average molecular weight is 354 g/mol. The highest BCUT2D eigenvalue weighted by atomic mass is 16.5. The first-order valence-corrected chi connectivity index (χ1v) is 9.03. The molecule has 1 aliphatic rings. The molecule has 1 aliphatic heterocycles. The summed E-state index contributed by atoms with van der Waals surface area (Å²) in [5.41, 5.74) is 2.66. The average Bonchev–Trinajstić information content (AvgIpc) is 3.07. The summed E-state index contributed by atoms with van der Waals surface area (Å²) in [4.78, 5) is 14.2. The van der Waals surface area contributed by atoms with Gasteiger partial charge in [0.1, 0.15) is 5.75 Å².